The number of anilines is 1. The van der Waals surface area contributed by atoms with Crippen molar-refractivity contribution in [2.45, 2.75) is 25.8 Å². The van der Waals surface area contributed by atoms with Crippen molar-refractivity contribution in [2.24, 2.45) is 5.92 Å². The molecule has 0 bridgehead atoms. The first-order chi connectivity index (χ1) is 13.6. The second-order valence-electron chi connectivity index (χ2n) is 6.79. The van der Waals surface area contributed by atoms with E-state index in [2.05, 4.69) is 9.71 Å². The summed E-state index contributed by atoms with van der Waals surface area (Å²) in [6.07, 6.45) is 0.633. The fraction of sp³-hybridized carbons (Fsp3) is 0.250. The summed E-state index contributed by atoms with van der Waals surface area (Å²) < 4.78 is 53.2. The van der Waals surface area contributed by atoms with Gasteiger partial charge in [-0.25, -0.2) is 9.37 Å². The number of halogens is 5. The predicted molar refractivity (Wildman–Crippen MR) is 114 cm³/mol. The van der Waals surface area contributed by atoms with Crippen molar-refractivity contribution in [1.82, 2.24) is 4.98 Å². The van der Waals surface area contributed by atoms with E-state index in [1.54, 1.807) is 18.2 Å². The molecule has 3 rings (SSSR count). The van der Waals surface area contributed by atoms with Crippen LogP contribution in [0.4, 0.5) is 23.2 Å². The smallest absolute Gasteiger partial charge is 0.323 e. The number of hydrogen-bond donors (Lipinski definition) is 1. The third kappa shape index (κ3) is 5.87. The van der Waals surface area contributed by atoms with Crippen molar-refractivity contribution in [1.29, 1.82) is 0 Å². The molecule has 0 spiro atoms. The van der Waals surface area contributed by atoms with Gasteiger partial charge in [0, 0.05) is 22.2 Å². The molecule has 154 valence electrons. The van der Waals surface area contributed by atoms with Gasteiger partial charge in [0.2, 0.25) is 0 Å². The summed E-state index contributed by atoms with van der Waals surface area (Å²) >= 11 is 7.31. The first kappa shape index (κ1) is 21.9. The SMILES string of the molecule is CC(C)Cc1cc(-c2nc(-c3ccc(NSC(F)(F)F)cc3Cl)cs2)ccc1F. The Labute approximate surface area is 179 Å². The van der Waals surface area contributed by atoms with Gasteiger partial charge in [-0.05, 0) is 54.3 Å². The summed E-state index contributed by atoms with van der Waals surface area (Å²) in [7, 11) is 0. The number of hydrogen-bond acceptors (Lipinski definition) is 4. The standard InChI is InChI=1S/C20H17ClF4N2S2/c1-11(2)7-13-8-12(3-6-17(13)22)19-26-18(10-28-19)15-5-4-14(9-16(15)21)27-29-20(23,24)25/h3-6,8-11,27H,7H2,1-2H3. The number of rotatable bonds is 6. The number of alkyl halides is 3. The van der Waals surface area contributed by atoms with Gasteiger partial charge >= 0.3 is 5.51 Å². The lowest BCUT2D eigenvalue weighted by Gasteiger charge is -2.09. The number of thiazole rings is 1. The van der Waals surface area contributed by atoms with Gasteiger partial charge in [-0.15, -0.1) is 11.3 Å². The van der Waals surface area contributed by atoms with E-state index in [0.717, 1.165) is 10.6 Å². The van der Waals surface area contributed by atoms with Crippen molar-refractivity contribution >= 4 is 40.6 Å². The van der Waals surface area contributed by atoms with Crippen LogP contribution in [0.5, 0.6) is 0 Å². The molecule has 0 unspecified atom stereocenters. The Morgan fingerprint density at radius 2 is 1.93 bits per heavy atom. The van der Waals surface area contributed by atoms with Gasteiger partial charge in [-0.2, -0.15) is 13.2 Å². The van der Waals surface area contributed by atoms with Crippen LogP contribution in [0, 0.1) is 11.7 Å². The number of aromatic nitrogens is 1. The summed E-state index contributed by atoms with van der Waals surface area (Å²) in [5.74, 6) is 0.0927. The Balaban J connectivity index is 1.83. The maximum absolute atomic E-state index is 14.0. The van der Waals surface area contributed by atoms with Gasteiger partial charge in [-0.1, -0.05) is 25.4 Å². The second kappa shape index (κ2) is 8.93. The summed E-state index contributed by atoms with van der Waals surface area (Å²) in [5, 5.41) is 2.82. The Morgan fingerprint density at radius 3 is 2.59 bits per heavy atom. The molecule has 0 aliphatic carbocycles. The number of nitrogens with one attached hydrogen (secondary N) is 1. The minimum absolute atomic E-state index is 0.234. The predicted octanol–water partition coefficient (Wildman–Crippen LogP) is 8.05. The molecular weight excluding hydrogens is 444 g/mol. The maximum Gasteiger partial charge on any atom is 0.461 e. The second-order valence-corrected chi connectivity index (χ2v) is 8.92. The molecule has 1 N–H and O–H groups in total. The molecule has 1 aromatic heterocycles. The third-order valence-corrected chi connectivity index (χ3v) is 5.73. The molecule has 0 fully saturated rings. The molecule has 0 radical (unpaired) electrons. The molecule has 0 saturated carbocycles. The van der Waals surface area contributed by atoms with Crippen molar-refractivity contribution < 1.29 is 17.6 Å². The van der Waals surface area contributed by atoms with Crippen LogP contribution < -0.4 is 4.72 Å². The molecule has 29 heavy (non-hydrogen) atoms. The first-order valence-electron chi connectivity index (χ1n) is 8.67. The lowest BCUT2D eigenvalue weighted by molar-refractivity contribution is -0.0323. The molecule has 0 aliphatic rings. The molecule has 0 saturated heterocycles. The number of nitrogens with zero attached hydrogens (tertiary/aromatic N) is 1. The van der Waals surface area contributed by atoms with E-state index < -0.39 is 5.51 Å². The third-order valence-electron chi connectivity index (χ3n) is 3.95. The Morgan fingerprint density at radius 1 is 1.17 bits per heavy atom. The van der Waals surface area contributed by atoms with Crippen LogP contribution in [0.1, 0.15) is 19.4 Å². The van der Waals surface area contributed by atoms with E-state index >= 15 is 0 Å². The lowest BCUT2D eigenvalue weighted by Crippen LogP contribution is -2.04. The summed E-state index contributed by atoms with van der Waals surface area (Å²) in [5.41, 5.74) is -1.47. The fourth-order valence-corrected chi connectivity index (χ4v) is 4.19. The molecule has 2 nitrogen and oxygen atoms in total. The minimum atomic E-state index is -4.39. The van der Waals surface area contributed by atoms with E-state index in [4.69, 9.17) is 11.6 Å². The van der Waals surface area contributed by atoms with E-state index in [0.29, 0.717) is 29.2 Å². The highest BCUT2D eigenvalue weighted by molar-refractivity contribution is 8.01. The van der Waals surface area contributed by atoms with E-state index in [9.17, 15) is 17.6 Å². The van der Waals surface area contributed by atoms with Crippen LogP contribution in [-0.2, 0) is 6.42 Å². The highest BCUT2D eigenvalue weighted by Crippen LogP contribution is 2.36. The molecule has 0 amide bonds. The van der Waals surface area contributed by atoms with Crippen LogP contribution in [0.3, 0.4) is 0 Å². The molecular formula is C20H17ClF4N2S2. The minimum Gasteiger partial charge on any atom is -0.323 e. The Hall–Kier alpha value is -1.77. The van der Waals surface area contributed by atoms with Crippen molar-refractivity contribution in [3.05, 3.63) is 58.2 Å². The van der Waals surface area contributed by atoms with Gasteiger partial charge < -0.3 is 4.72 Å². The van der Waals surface area contributed by atoms with E-state index in [-0.39, 0.29) is 28.5 Å². The quantitative estimate of drug-likeness (QED) is 0.297. The molecule has 9 heteroatoms. The average Bonchev–Trinajstić information content (AvgIpc) is 3.10. The Kier molecular flexibility index (Phi) is 6.76. The van der Waals surface area contributed by atoms with Crippen molar-refractivity contribution in [3.63, 3.8) is 0 Å². The maximum atomic E-state index is 14.0. The monoisotopic (exact) mass is 460 g/mol. The summed E-state index contributed by atoms with van der Waals surface area (Å²) in [6, 6.07) is 9.49. The van der Waals surface area contributed by atoms with E-state index in [1.807, 2.05) is 19.2 Å². The largest absolute Gasteiger partial charge is 0.461 e. The first-order valence-corrected chi connectivity index (χ1v) is 10.7. The molecule has 2 aromatic carbocycles. The van der Waals surface area contributed by atoms with Gasteiger partial charge in [-0.3, -0.25) is 0 Å². The fourth-order valence-electron chi connectivity index (χ4n) is 2.74. The van der Waals surface area contributed by atoms with Gasteiger partial charge in [0.25, 0.3) is 0 Å². The zero-order chi connectivity index (χ0) is 21.2. The van der Waals surface area contributed by atoms with Crippen molar-refractivity contribution in [3.8, 4) is 21.8 Å². The summed E-state index contributed by atoms with van der Waals surface area (Å²) in [6.45, 7) is 4.06. The highest BCUT2D eigenvalue weighted by atomic mass is 35.5. The van der Waals surface area contributed by atoms with Gasteiger partial charge in [0.15, 0.2) is 0 Å². The van der Waals surface area contributed by atoms with Crippen LogP contribution in [0.2, 0.25) is 5.02 Å². The van der Waals surface area contributed by atoms with Gasteiger partial charge in [0.1, 0.15) is 10.8 Å². The Bertz CT molecular complexity index is 1000. The lowest BCUT2D eigenvalue weighted by atomic mass is 10.0. The van der Waals surface area contributed by atoms with Crippen LogP contribution in [-0.4, -0.2) is 10.5 Å². The van der Waals surface area contributed by atoms with Crippen LogP contribution >= 0.6 is 34.9 Å². The van der Waals surface area contributed by atoms with Crippen molar-refractivity contribution in [2.75, 3.05) is 4.72 Å². The van der Waals surface area contributed by atoms with E-state index in [1.165, 1.54) is 29.5 Å². The summed E-state index contributed by atoms with van der Waals surface area (Å²) in [4.78, 5) is 4.58. The van der Waals surface area contributed by atoms with Crippen LogP contribution in [0.15, 0.2) is 41.8 Å². The number of benzene rings is 2. The average molecular weight is 461 g/mol. The molecule has 1 heterocycles. The topological polar surface area (TPSA) is 24.9 Å². The zero-order valence-electron chi connectivity index (χ0n) is 15.5. The zero-order valence-corrected chi connectivity index (χ0v) is 17.9. The molecule has 0 atom stereocenters. The normalized spacial score (nSPS) is 11.9. The molecule has 0 aliphatic heterocycles. The van der Waals surface area contributed by atoms with Gasteiger partial charge in [0.05, 0.1) is 22.7 Å². The molecule has 3 aromatic rings. The van der Waals surface area contributed by atoms with Crippen LogP contribution in [0.25, 0.3) is 21.8 Å². The highest BCUT2D eigenvalue weighted by Gasteiger charge is 2.29.